The molecule has 6 nitrogen and oxygen atoms in total. The number of hydrogen-bond acceptors (Lipinski definition) is 4. The van der Waals surface area contributed by atoms with Gasteiger partial charge in [0.2, 0.25) is 0 Å². The summed E-state index contributed by atoms with van der Waals surface area (Å²) in [5.74, 6) is 0.390. The number of furan rings is 1. The number of nitrogens with one attached hydrogen (secondary N) is 2. The van der Waals surface area contributed by atoms with E-state index in [9.17, 15) is 9.59 Å². The van der Waals surface area contributed by atoms with Crippen LogP contribution in [0.1, 0.15) is 53.2 Å². The Bertz CT molecular complexity index is 1070. The molecule has 0 unspecified atom stereocenters. The van der Waals surface area contributed by atoms with Crippen molar-refractivity contribution in [3.63, 3.8) is 0 Å². The van der Waals surface area contributed by atoms with Gasteiger partial charge in [-0.2, -0.15) is 0 Å². The van der Waals surface area contributed by atoms with Crippen LogP contribution in [0.5, 0.6) is 0 Å². The first-order chi connectivity index (χ1) is 16.0. The predicted octanol–water partition coefficient (Wildman–Crippen LogP) is 5.13. The van der Waals surface area contributed by atoms with Gasteiger partial charge < -0.3 is 20.0 Å². The number of carbonyl (C=O) groups is 2. The zero-order valence-corrected chi connectivity index (χ0v) is 19.2. The maximum atomic E-state index is 13.0. The Morgan fingerprint density at radius 2 is 1.76 bits per heavy atom. The van der Waals surface area contributed by atoms with E-state index in [1.54, 1.807) is 18.2 Å². The SMILES string of the molecule is CC(C)NC(=O)c1cc(NC(=O)c2ccco2)ccc1N1CCC(Cc2ccccc2)CC1. The van der Waals surface area contributed by atoms with Crippen LogP contribution in [0.2, 0.25) is 0 Å². The molecule has 0 radical (unpaired) electrons. The predicted molar refractivity (Wildman–Crippen MR) is 131 cm³/mol. The Balaban J connectivity index is 1.49. The highest BCUT2D eigenvalue weighted by Gasteiger charge is 2.24. The van der Waals surface area contributed by atoms with E-state index < -0.39 is 0 Å². The lowest BCUT2D eigenvalue weighted by atomic mass is 9.89. The smallest absolute Gasteiger partial charge is 0.291 e. The Hall–Kier alpha value is -3.54. The van der Waals surface area contributed by atoms with Crippen LogP contribution in [-0.4, -0.2) is 30.9 Å². The van der Waals surface area contributed by atoms with E-state index in [0.29, 0.717) is 17.2 Å². The molecule has 172 valence electrons. The number of nitrogens with zero attached hydrogens (tertiary/aromatic N) is 1. The summed E-state index contributed by atoms with van der Waals surface area (Å²) in [6.45, 7) is 5.68. The number of amides is 2. The lowest BCUT2D eigenvalue weighted by Crippen LogP contribution is -2.37. The summed E-state index contributed by atoms with van der Waals surface area (Å²) in [6.07, 6.45) is 4.71. The highest BCUT2D eigenvalue weighted by molar-refractivity contribution is 6.05. The van der Waals surface area contributed by atoms with Gasteiger partial charge in [-0.15, -0.1) is 0 Å². The molecule has 0 spiro atoms. The molecule has 33 heavy (non-hydrogen) atoms. The molecule has 6 heteroatoms. The van der Waals surface area contributed by atoms with E-state index in [1.807, 2.05) is 26.0 Å². The normalized spacial score (nSPS) is 14.3. The van der Waals surface area contributed by atoms with Crippen LogP contribution in [-0.2, 0) is 6.42 Å². The fourth-order valence-corrected chi connectivity index (χ4v) is 4.34. The van der Waals surface area contributed by atoms with Crippen molar-refractivity contribution in [3.8, 4) is 0 Å². The van der Waals surface area contributed by atoms with E-state index in [-0.39, 0.29) is 23.6 Å². The van der Waals surface area contributed by atoms with E-state index in [2.05, 4.69) is 45.9 Å². The Labute approximate surface area is 195 Å². The molecule has 1 saturated heterocycles. The first-order valence-electron chi connectivity index (χ1n) is 11.6. The summed E-state index contributed by atoms with van der Waals surface area (Å²) in [6, 6.07) is 19.4. The van der Waals surface area contributed by atoms with Crippen molar-refractivity contribution < 1.29 is 14.0 Å². The monoisotopic (exact) mass is 445 g/mol. The second-order valence-electron chi connectivity index (χ2n) is 8.91. The summed E-state index contributed by atoms with van der Waals surface area (Å²) in [7, 11) is 0. The lowest BCUT2D eigenvalue weighted by molar-refractivity contribution is 0.0941. The minimum atomic E-state index is -0.343. The van der Waals surface area contributed by atoms with E-state index in [4.69, 9.17) is 4.42 Å². The van der Waals surface area contributed by atoms with Crippen LogP contribution in [0, 0.1) is 5.92 Å². The first kappa shape index (κ1) is 22.6. The molecule has 2 aromatic carbocycles. The molecular weight excluding hydrogens is 414 g/mol. The molecule has 0 atom stereocenters. The van der Waals surface area contributed by atoms with Gasteiger partial charge in [0.15, 0.2) is 5.76 Å². The molecule has 0 bridgehead atoms. The molecule has 2 amide bonds. The van der Waals surface area contributed by atoms with Crippen molar-refractivity contribution in [2.45, 2.75) is 39.2 Å². The van der Waals surface area contributed by atoms with Gasteiger partial charge in [-0.1, -0.05) is 30.3 Å². The third-order valence-corrected chi connectivity index (χ3v) is 5.99. The molecule has 1 aliphatic rings. The van der Waals surface area contributed by atoms with Crippen molar-refractivity contribution in [3.05, 3.63) is 83.8 Å². The zero-order chi connectivity index (χ0) is 23.2. The lowest BCUT2D eigenvalue weighted by Gasteiger charge is -2.35. The quantitative estimate of drug-likeness (QED) is 0.529. The number of rotatable bonds is 7. The van der Waals surface area contributed by atoms with Gasteiger partial charge in [0.25, 0.3) is 11.8 Å². The largest absolute Gasteiger partial charge is 0.459 e. The van der Waals surface area contributed by atoms with Crippen molar-refractivity contribution in [1.29, 1.82) is 0 Å². The Morgan fingerprint density at radius 3 is 2.42 bits per heavy atom. The molecular formula is C27H31N3O3. The van der Waals surface area contributed by atoms with Crippen molar-refractivity contribution in [1.82, 2.24) is 5.32 Å². The molecule has 0 aliphatic carbocycles. The second-order valence-corrected chi connectivity index (χ2v) is 8.91. The van der Waals surface area contributed by atoms with Gasteiger partial charge in [0.05, 0.1) is 11.8 Å². The summed E-state index contributed by atoms with van der Waals surface area (Å²) in [4.78, 5) is 27.7. The number of hydrogen-bond donors (Lipinski definition) is 2. The first-order valence-corrected chi connectivity index (χ1v) is 11.6. The van der Waals surface area contributed by atoms with E-state index in [0.717, 1.165) is 38.0 Å². The number of anilines is 2. The van der Waals surface area contributed by atoms with Gasteiger partial charge in [-0.05, 0) is 74.9 Å². The maximum Gasteiger partial charge on any atom is 0.291 e. The van der Waals surface area contributed by atoms with Crippen molar-refractivity contribution >= 4 is 23.2 Å². The van der Waals surface area contributed by atoms with Crippen LogP contribution in [0.25, 0.3) is 0 Å². The minimum absolute atomic E-state index is 0.0170. The summed E-state index contributed by atoms with van der Waals surface area (Å²) < 4.78 is 5.17. The number of benzene rings is 2. The van der Waals surface area contributed by atoms with Crippen LogP contribution in [0.4, 0.5) is 11.4 Å². The van der Waals surface area contributed by atoms with Crippen molar-refractivity contribution in [2.75, 3.05) is 23.3 Å². The topological polar surface area (TPSA) is 74.6 Å². The fourth-order valence-electron chi connectivity index (χ4n) is 4.34. The molecule has 2 N–H and O–H groups in total. The van der Waals surface area contributed by atoms with Crippen LogP contribution >= 0.6 is 0 Å². The third-order valence-electron chi connectivity index (χ3n) is 5.99. The summed E-state index contributed by atoms with van der Waals surface area (Å²) >= 11 is 0. The maximum absolute atomic E-state index is 13.0. The summed E-state index contributed by atoms with van der Waals surface area (Å²) in [5, 5.41) is 5.82. The standard InChI is InChI=1S/C27H31N3O3/c1-19(2)28-26(31)23-18-22(29-27(32)25-9-6-16-33-25)10-11-24(23)30-14-12-21(13-15-30)17-20-7-4-3-5-8-20/h3-11,16,18-19,21H,12-15,17H2,1-2H3,(H,28,31)(H,29,32). The number of piperidine rings is 1. The van der Waals surface area contributed by atoms with Crippen LogP contribution < -0.4 is 15.5 Å². The van der Waals surface area contributed by atoms with Crippen molar-refractivity contribution in [2.24, 2.45) is 5.92 Å². The van der Waals surface area contributed by atoms with E-state index >= 15 is 0 Å². The average molecular weight is 446 g/mol. The van der Waals surface area contributed by atoms with Gasteiger partial charge in [-0.25, -0.2) is 0 Å². The third kappa shape index (κ3) is 5.83. The van der Waals surface area contributed by atoms with Gasteiger partial charge in [0, 0.05) is 30.5 Å². The van der Waals surface area contributed by atoms with Gasteiger partial charge in [0.1, 0.15) is 0 Å². The minimum Gasteiger partial charge on any atom is -0.459 e. The Kier molecular flexibility index (Phi) is 7.13. The highest BCUT2D eigenvalue weighted by Crippen LogP contribution is 2.30. The molecule has 2 heterocycles. The molecule has 1 fully saturated rings. The zero-order valence-electron chi connectivity index (χ0n) is 19.2. The van der Waals surface area contributed by atoms with E-state index in [1.165, 1.54) is 11.8 Å². The fraction of sp³-hybridized carbons (Fsp3) is 0.333. The van der Waals surface area contributed by atoms with Gasteiger partial charge >= 0.3 is 0 Å². The van der Waals surface area contributed by atoms with Crippen LogP contribution in [0.15, 0.2) is 71.3 Å². The van der Waals surface area contributed by atoms with Gasteiger partial charge in [-0.3, -0.25) is 9.59 Å². The summed E-state index contributed by atoms with van der Waals surface area (Å²) in [5.41, 5.74) is 3.42. The molecule has 3 aromatic rings. The van der Waals surface area contributed by atoms with Crippen LogP contribution in [0.3, 0.4) is 0 Å². The highest BCUT2D eigenvalue weighted by atomic mass is 16.3. The molecule has 1 aromatic heterocycles. The molecule has 4 rings (SSSR count). The number of carbonyl (C=O) groups excluding carboxylic acids is 2. The second kappa shape index (κ2) is 10.4. The molecule has 1 aliphatic heterocycles. The Morgan fingerprint density at radius 1 is 1.00 bits per heavy atom. The molecule has 0 saturated carbocycles. The average Bonchev–Trinajstić information content (AvgIpc) is 3.35.